The van der Waals surface area contributed by atoms with Gasteiger partial charge in [0.15, 0.2) is 0 Å². The van der Waals surface area contributed by atoms with E-state index in [9.17, 15) is 9.59 Å². The molecule has 0 unspecified atom stereocenters. The molecular formula is C16H22N6O2. The van der Waals surface area contributed by atoms with Gasteiger partial charge in [-0.15, -0.1) is 0 Å². The first kappa shape index (κ1) is 16.2. The highest BCUT2D eigenvalue weighted by molar-refractivity contribution is 5.97. The van der Waals surface area contributed by atoms with E-state index in [1.165, 1.54) is 0 Å². The van der Waals surface area contributed by atoms with Crippen LogP contribution in [0.25, 0.3) is 0 Å². The number of anilines is 2. The first-order valence-corrected chi connectivity index (χ1v) is 8.25. The molecule has 2 amide bonds. The van der Waals surface area contributed by atoms with Gasteiger partial charge in [-0.25, -0.2) is 0 Å². The summed E-state index contributed by atoms with van der Waals surface area (Å²) in [4.78, 5) is 24.3. The number of carbonyl (C=O) groups excluding carboxylic acids is 2. The fraction of sp³-hybridized carbons (Fsp3) is 0.500. The number of amides is 2. The Morgan fingerprint density at radius 3 is 1.71 bits per heavy atom. The lowest BCUT2D eigenvalue weighted by Gasteiger charge is -2.32. The molecule has 128 valence electrons. The summed E-state index contributed by atoms with van der Waals surface area (Å²) in [5.41, 5.74) is 1.39. The highest BCUT2D eigenvalue weighted by atomic mass is 16.2. The van der Waals surface area contributed by atoms with Gasteiger partial charge in [0, 0.05) is 37.3 Å². The van der Waals surface area contributed by atoms with Crippen LogP contribution in [0, 0.1) is 11.8 Å². The molecule has 2 aromatic heterocycles. The molecule has 8 nitrogen and oxygen atoms in total. The number of carbonyl (C=O) groups is 2. The summed E-state index contributed by atoms with van der Waals surface area (Å²) in [6, 6.07) is 0. The van der Waals surface area contributed by atoms with Crippen LogP contribution in [0.5, 0.6) is 0 Å². The molecule has 0 aromatic carbocycles. The number of hydrogen-bond donors (Lipinski definition) is 2. The van der Waals surface area contributed by atoms with E-state index in [1.54, 1.807) is 34.2 Å². The van der Waals surface area contributed by atoms with Crippen molar-refractivity contribution >= 4 is 23.2 Å². The van der Waals surface area contributed by atoms with Gasteiger partial charge in [0.1, 0.15) is 0 Å². The standard InChI is InChI=1S/C16H22N6O2/c1-3-21-9-13(7-17-21)19-15(23)11-5-12(6-11)16(24)20-14-8-18-22(4-2)10-14/h7-12H,3-6H2,1-2H3,(H,19,23)(H,20,24). The lowest BCUT2D eigenvalue weighted by atomic mass is 9.74. The minimum atomic E-state index is -0.121. The van der Waals surface area contributed by atoms with E-state index in [2.05, 4.69) is 20.8 Å². The molecule has 1 aliphatic rings. The SMILES string of the molecule is CCn1cc(NC(=O)C2CC(C(=O)Nc3cnn(CC)c3)C2)cn1. The van der Waals surface area contributed by atoms with Crippen molar-refractivity contribution in [3.63, 3.8) is 0 Å². The van der Waals surface area contributed by atoms with Crippen molar-refractivity contribution in [1.29, 1.82) is 0 Å². The Kier molecular flexibility index (Phi) is 4.64. The molecule has 2 heterocycles. The van der Waals surface area contributed by atoms with Crippen LogP contribution in [-0.4, -0.2) is 31.4 Å². The van der Waals surface area contributed by atoms with E-state index in [-0.39, 0.29) is 23.7 Å². The lowest BCUT2D eigenvalue weighted by molar-refractivity contribution is -0.129. The Labute approximate surface area is 140 Å². The molecule has 3 rings (SSSR count). The van der Waals surface area contributed by atoms with Gasteiger partial charge >= 0.3 is 0 Å². The van der Waals surface area contributed by atoms with Crippen molar-refractivity contribution in [1.82, 2.24) is 19.6 Å². The van der Waals surface area contributed by atoms with Gasteiger partial charge in [-0.05, 0) is 26.7 Å². The summed E-state index contributed by atoms with van der Waals surface area (Å²) in [6.45, 7) is 5.49. The lowest BCUT2D eigenvalue weighted by Crippen LogP contribution is -2.40. The van der Waals surface area contributed by atoms with Gasteiger partial charge in [-0.1, -0.05) is 0 Å². The number of rotatable bonds is 6. The number of nitrogens with zero attached hydrogens (tertiary/aromatic N) is 4. The summed E-state index contributed by atoms with van der Waals surface area (Å²) in [5.74, 6) is -0.338. The third-order valence-corrected chi connectivity index (χ3v) is 4.33. The summed E-state index contributed by atoms with van der Waals surface area (Å²) in [6.07, 6.45) is 8.01. The van der Waals surface area contributed by atoms with Gasteiger partial charge in [-0.2, -0.15) is 10.2 Å². The molecule has 1 aliphatic carbocycles. The minimum absolute atomic E-state index is 0.0477. The zero-order valence-electron chi connectivity index (χ0n) is 13.9. The minimum Gasteiger partial charge on any atom is -0.323 e. The van der Waals surface area contributed by atoms with Crippen molar-refractivity contribution in [2.24, 2.45) is 11.8 Å². The van der Waals surface area contributed by atoms with Gasteiger partial charge in [-0.3, -0.25) is 19.0 Å². The fourth-order valence-electron chi connectivity index (χ4n) is 2.74. The smallest absolute Gasteiger partial charge is 0.227 e. The number of aryl methyl sites for hydroxylation is 2. The highest BCUT2D eigenvalue weighted by Gasteiger charge is 2.38. The van der Waals surface area contributed by atoms with Crippen molar-refractivity contribution in [3.8, 4) is 0 Å². The summed E-state index contributed by atoms with van der Waals surface area (Å²) in [5, 5.41) is 13.9. The maximum absolute atomic E-state index is 12.2. The van der Waals surface area contributed by atoms with E-state index in [4.69, 9.17) is 0 Å². The van der Waals surface area contributed by atoms with Crippen LogP contribution < -0.4 is 10.6 Å². The molecule has 24 heavy (non-hydrogen) atoms. The van der Waals surface area contributed by atoms with Crippen LogP contribution in [-0.2, 0) is 22.7 Å². The second-order valence-electron chi connectivity index (χ2n) is 6.01. The molecule has 0 saturated heterocycles. The Morgan fingerprint density at radius 1 is 0.958 bits per heavy atom. The number of nitrogens with one attached hydrogen (secondary N) is 2. The molecule has 1 fully saturated rings. The molecule has 2 aromatic rings. The Bertz CT molecular complexity index is 668. The topological polar surface area (TPSA) is 93.8 Å². The third kappa shape index (κ3) is 3.47. The first-order chi connectivity index (χ1) is 11.6. The van der Waals surface area contributed by atoms with Gasteiger partial charge in [0.05, 0.1) is 23.8 Å². The number of hydrogen-bond acceptors (Lipinski definition) is 4. The highest BCUT2D eigenvalue weighted by Crippen LogP contribution is 2.35. The van der Waals surface area contributed by atoms with Crippen LogP contribution in [0.3, 0.4) is 0 Å². The van der Waals surface area contributed by atoms with E-state index < -0.39 is 0 Å². The van der Waals surface area contributed by atoms with Crippen LogP contribution in [0.4, 0.5) is 11.4 Å². The van der Waals surface area contributed by atoms with Crippen LogP contribution in [0.1, 0.15) is 26.7 Å². The van der Waals surface area contributed by atoms with Crippen molar-refractivity contribution < 1.29 is 9.59 Å². The molecular weight excluding hydrogens is 308 g/mol. The van der Waals surface area contributed by atoms with E-state index in [0.29, 0.717) is 24.2 Å². The summed E-state index contributed by atoms with van der Waals surface area (Å²) in [7, 11) is 0. The van der Waals surface area contributed by atoms with Gasteiger partial charge < -0.3 is 10.6 Å². The van der Waals surface area contributed by atoms with Crippen LogP contribution in [0.2, 0.25) is 0 Å². The molecule has 0 spiro atoms. The van der Waals surface area contributed by atoms with Gasteiger partial charge in [0.25, 0.3) is 0 Å². The van der Waals surface area contributed by atoms with E-state index >= 15 is 0 Å². The molecule has 0 radical (unpaired) electrons. The number of aromatic nitrogens is 4. The third-order valence-electron chi connectivity index (χ3n) is 4.33. The maximum atomic E-state index is 12.2. The Morgan fingerprint density at radius 2 is 1.38 bits per heavy atom. The van der Waals surface area contributed by atoms with Crippen molar-refractivity contribution in [2.45, 2.75) is 39.8 Å². The first-order valence-electron chi connectivity index (χ1n) is 8.25. The Hall–Kier alpha value is -2.64. The molecule has 2 N–H and O–H groups in total. The molecule has 0 aliphatic heterocycles. The molecule has 1 saturated carbocycles. The predicted octanol–water partition coefficient (Wildman–Crippen LogP) is 1.72. The second kappa shape index (κ2) is 6.86. The van der Waals surface area contributed by atoms with Crippen LogP contribution >= 0.6 is 0 Å². The summed E-state index contributed by atoms with van der Waals surface area (Å²) < 4.78 is 3.51. The van der Waals surface area contributed by atoms with E-state index in [1.807, 2.05) is 13.8 Å². The molecule has 8 heteroatoms. The monoisotopic (exact) mass is 330 g/mol. The largest absolute Gasteiger partial charge is 0.323 e. The van der Waals surface area contributed by atoms with Crippen molar-refractivity contribution in [3.05, 3.63) is 24.8 Å². The quantitative estimate of drug-likeness (QED) is 0.843. The average molecular weight is 330 g/mol. The zero-order chi connectivity index (χ0) is 17.1. The summed E-state index contributed by atoms with van der Waals surface area (Å²) >= 11 is 0. The zero-order valence-corrected chi connectivity index (χ0v) is 13.9. The van der Waals surface area contributed by atoms with E-state index in [0.717, 1.165) is 13.1 Å². The predicted molar refractivity (Wildman–Crippen MR) is 89.3 cm³/mol. The fourth-order valence-corrected chi connectivity index (χ4v) is 2.74. The van der Waals surface area contributed by atoms with Crippen LogP contribution in [0.15, 0.2) is 24.8 Å². The molecule has 0 atom stereocenters. The maximum Gasteiger partial charge on any atom is 0.227 e. The average Bonchev–Trinajstić information content (AvgIpc) is 3.14. The van der Waals surface area contributed by atoms with Crippen molar-refractivity contribution in [2.75, 3.05) is 10.6 Å². The normalized spacial score (nSPS) is 19.6. The molecule has 0 bridgehead atoms. The second-order valence-corrected chi connectivity index (χ2v) is 6.01. The van der Waals surface area contributed by atoms with Gasteiger partial charge in [0.2, 0.25) is 11.8 Å². The Balaban J connectivity index is 1.45.